The number of carbonyl (C=O) groups excluding carboxylic acids is 1. The van der Waals surface area contributed by atoms with Gasteiger partial charge in [-0.3, -0.25) is 4.79 Å². The summed E-state index contributed by atoms with van der Waals surface area (Å²) in [6, 6.07) is 14.5. The number of methoxy groups -OCH3 is 1. The van der Waals surface area contributed by atoms with Crippen LogP contribution in [-0.2, 0) is 34.5 Å². The SMILES string of the molecule is C=C(C[C@@H](CC#CC(=O)C[C@@H]1CC(CCOCc2ccc(OC)cc2)OC(C)(C)O1)O[Si](CC)(CC)CC)[C@@H](C)CO[Si](CC)(CC)CC. The first kappa shape index (κ1) is 43.4. The van der Waals surface area contributed by atoms with E-state index in [1.165, 1.54) is 0 Å². The predicted molar refractivity (Wildman–Crippen MR) is 206 cm³/mol. The first-order valence-electron chi connectivity index (χ1n) is 18.9. The molecule has 1 aliphatic rings. The number of benzene rings is 1. The third-order valence-corrected chi connectivity index (χ3v) is 19.9. The van der Waals surface area contributed by atoms with Crippen molar-refractivity contribution in [3.05, 3.63) is 42.0 Å². The van der Waals surface area contributed by atoms with Crippen molar-refractivity contribution in [1.82, 2.24) is 0 Å². The van der Waals surface area contributed by atoms with Crippen molar-refractivity contribution in [3.63, 3.8) is 0 Å². The summed E-state index contributed by atoms with van der Waals surface area (Å²) in [6.07, 6.45) is 2.45. The van der Waals surface area contributed by atoms with E-state index in [0.717, 1.165) is 66.0 Å². The molecular weight excluding hydrogens is 649 g/mol. The molecule has 0 bridgehead atoms. The molecule has 1 aromatic rings. The second-order valence-corrected chi connectivity index (χ2v) is 23.7. The smallest absolute Gasteiger partial charge is 0.208 e. The van der Waals surface area contributed by atoms with E-state index in [0.29, 0.717) is 32.7 Å². The summed E-state index contributed by atoms with van der Waals surface area (Å²) in [7, 11) is -1.89. The summed E-state index contributed by atoms with van der Waals surface area (Å²) in [5.41, 5.74) is 2.24. The number of Topliss-reactive ketones (excluding diaryl/α,β-unsaturated/α-hetero) is 1. The Labute approximate surface area is 301 Å². The molecule has 278 valence electrons. The van der Waals surface area contributed by atoms with E-state index < -0.39 is 22.4 Å². The Morgan fingerprint density at radius 1 is 0.959 bits per heavy atom. The number of hydrogen-bond acceptors (Lipinski definition) is 7. The maximum atomic E-state index is 13.1. The molecule has 1 aliphatic heterocycles. The summed E-state index contributed by atoms with van der Waals surface area (Å²) >= 11 is 0. The summed E-state index contributed by atoms with van der Waals surface area (Å²) in [6.45, 7) is 25.8. The molecule has 0 amide bonds. The molecule has 1 heterocycles. The van der Waals surface area contributed by atoms with E-state index in [9.17, 15) is 4.79 Å². The molecule has 2 rings (SSSR count). The fraction of sp³-hybridized carbons (Fsp3) is 0.725. The standard InChI is InChI=1S/C40H68O7Si2/c1-12-48(13-2,14-3)44-30-33(8)32(7)27-38(47-49(15-4,16-5)17-6)20-18-19-35(41)28-39-29-37(45-40(9,10)46-39)25-26-43-31-34-21-23-36(42-11)24-22-34/h21-24,33,37-39H,7,12-17,20,25-31H2,1-6,8-11H3/t33-,37?,38+,39+/m0/s1. The van der Waals surface area contributed by atoms with Gasteiger partial charge in [-0.25, -0.2) is 0 Å². The molecule has 0 aromatic heterocycles. The van der Waals surface area contributed by atoms with Gasteiger partial charge in [-0.1, -0.05) is 78.7 Å². The molecule has 0 N–H and O–H groups in total. The van der Waals surface area contributed by atoms with Crippen molar-refractivity contribution < 1.29 is 32.6 Å². The van der Waals surface area contributed by atoms with Crippen molar-refractivity contribution in [2.24, 2.45) is 5.92 Å². The zero-order valence-corrected chi connectivity index (χ0v) is 34.6. The Hall–Kier alpha value is -1.78. The van der Waals surface area contributed by atoms with E-state index in [1.807, 2.05) is 38.1 Å². The minimum Gasteiger partial charge on any atom is -0.497 e. The van der Waals surface area contributed by atoms with Gasteiger partial charge in [-0.15, -0.1) is 0 Å². The molecule has 7 nitrogen and oxygen atoms in total. The van der Waals surface area contributed by atoms with Gasteiger partial charge in [-0.2, -0.15) is 0 Å². The van der Waals surface area contributed by atoms with Gasteiger partial charge >= 0.3 is 0 Å². The maximum Gasteiger partial charge on any atom is 0.208 e. The molecule has 4 atom stereocenters. The highest BCUT2D eigenvalue weighted by molar-refractivity contribution is 6.74. The van der Waals surface area contributed by atoms with Crippen molar-refractivity contribution in [1.29, 1.82) is 0 Å². The highest BCUT2D eigenvalue weighted by Crippen LogP contribution is 2.31. The van der Waals surface area contributed by atoms with Crippen LogP contribution in [0.3, 0.4) is 0 Å². The van der Waals surface area contributed by atoms with Crippen LogP contribution in [0.25, 0.3) is 0 Å². The van der Waals surface area contributed by atoms with Crippen LogP contribution in [0.2, 0.25) is 36.3 Å². The Balaban J connectivity index is 1.98. The lowest BCUT2D eigenvalue weighted by atomic mass is 9.97. The van der Waals surface area contributed by atoms with Crippen molar-refractivity contribution >= 4 is 22.4 Å². The average Bonchev–Trinajstić information content (AvgIpc) is 3.09. The van der Waals surface area contributed by atoms with Gasteiger partial charge < -0.3 is 27.8 Å². The quantitative estimate of drug-likeness (QED) is 0.0367. The molecule has 0 saturated carbocycles. The molecule has 1 unspecified atom stereocenters. The second kappa shape index (κ2) is 21.6. The number of ether oxygens (including phenoxy) is 4. The van der Waals surface area contributed by atoms with E-state index >= 15 is 0 Å². The summed E-state index contributed by atoms with van der Waals surface area (Å²) < 4.78 is 37.0. The van der Waals surface area contributed by atoms with Crippen LogP contribution in [-0.4, -0.2) is 66.8 Å². The van der Waals surface area contributed by atoms with Gasteiger partial charge in [0.15, 0.2) is 22.4 Å². The molecular formula is C40H68O7Si2. The Bertz CT molecular complexity index is 1160. The van der Waals surface area contributed by atoms with Gasteiger partial charge in [0.2, 0.25) is 5.78 Å². The summed E-state index contributed by atoms with van der Waals surface area (Å²) in [5.74, 6) is 6.33. The highest BCUT2D eigenvalue weighted by atomic mass is 28.4. The third kappa shape index (κ3) is 14.8. The molecule has 1 fully saturated rings. The minimum absolute atomic E-state index is 0.0600. The largest absolute Gasteiger partial charge is 0.497 e. The fourth-order valence-corrected chi connectivity index (χ4v) is 12.2. The first-order chi connectivity index (χ1) is 23.3. The lowest BCUT2D eigenvalue weighted by Crippen LogP contribution is -2.45. The monoisotopic (exact) mass is 716 g/mol. The van der Waals surface area contributed by atoms with E-state index in [-0.39, 0.29) is 36.4 Å². The van der Waals surface area contributed by atoms with Gasteiger partial charge in [0, 0.05) is 32.5 Å². The van der Waals surface area contributed by atoms with E-state index in [1.54, 1.807) is 7.11 Å². The fourth-order valence-electron chi connectivity index (χ4n) is 6.65. The van der Waals surface area contributed by atoms with Crippen LogP contribution in [0.4, 0.5) is 0 Å². The number of carbonyl (C=O) groups is 1. The van der Waals surface area contributed by atoms with Gasteiger partial charge in [-0.05, 0) is 92.5 Å². The number of hydrogen-bond donors (Lipinski definition) is 0. The van der Waals surface area contributed by atoms with Crippen LogP contribution >= 0.6 is 0 Å². The number of rotatable bonds is 23. The average molecular weight is 717 g/mol. The summed E-state index contributed by atoms with van der Waals surface area (Å²) in [5, 5.41) is 0. The van der Waals surface area contributed by atoms with Crippen LogP contribution in [0.1, 0.15) is 100.0 Å². The molecule has 9 heteroatoms. The van der Waals surface area contributed by atoms with Crippen LogP contribution in [0, 0.1) is 17.8 Å². The van der Waals surface area contributed by atoms with Crippen molar-refractivity contribution in [2.45, 2.75) is 161 Å². The Kier molecular flexibility index (Phi) is 19.1. The molecule has 1 aromatic carbocycles. The summed E-state index contributed by atoms with van der Waals surface area (Å²) in [4.78, 5) is 13.1. The molecule has 49 heavy (non-hydrogen) atoms. The van der Waals surface area contributed by atoms with Gasteiger partial charge in [0.1, 0.15) is 5.75 Å². The minimum atomic E-state index is -1.89. The van der Waals surface area contributed by atoms with Crippen LogP contribution in [0.5, 0.6) is 5.75 Å². The maximum absolute atomic E-state index is 13.1. The van der Waals surface area contributed by atoms with Crippen LogP contribution in [0.15, 0.2) is 36.4 Å². The van der Waals surface area contributed by atoms with E-state index in [4.69, 9.17) is 27.8 Å². The molecule has 0 spiro atoms. The van der Waals surface area contributed by atoms with Crippen molar-refractivity contribution in [2.75, 3.05) is 20.3 Å². The lowest BCUT2D eigenvalue weighted by Gasteiger charge is -2.40. The van der Waals surface area contributed by atoms with Gasteiger partial charge in [0.25, 0.3) is 0 Å². The zero-order chi connectivity index (χ0) is 36.5. The van der Waals surface area contributed by atoms with Gasteiger partial charge in [0.05, 0.1) is 32.0 Å². The molecule has 0 aliphatic carbocycles. The Morgan fingerprint density at radius 2 is 1.55 bits per heavy atom. The predicted octanol–water partition coefficient (Wildman–Crippen LogP) is 9.86. The normalized spacial score (nSPS) is 19.1. The zero-order valence-electron chi connectivity index (χ0n) is 32.6. The lowest BCUT2D eigenvalue weighted by molar-refractivity contribution is -0.300. The third-order valence-electron chi connectivity index (χ3n) is 10.5. The second-order valence-electron chi connectivity index (χ2n) is 14.2. The van der Waals surface area contributed by atoms with E-state index in [2.05, 4.69) is 66.9 Å². The first-order valence-corrected chi connectivity index (χ1v) is 23.9. The Morgan fingerprint density at radius 3 is 2.12 bits per heavy atom. The molecule has 1 saturated heterocycles. The van der Waals surface area contributed by atoms with Crippen molar-refractivity contribution in [3.8, 4) is 17.6 Å². The van der Waals surface area contributed by atoms with Crippen LogP contribution < -0.4 is 4.74 Å². The highest BCUT2D eigenvalue weighted by Gasteiger charge is 2.36. The number of ketones is 1. The topological polar surface area (TPSA) is 72.5 Å². The molecule has 0 radical (unpaired) electrons.